The van der Waals surface area contributed by atoms with Crippen LogP contribution in [0.3, 0.4) is 0 Å². The van der Waals surface area contributed by atoms with Crippen molar-refractivity contribution in [3.8, 4) is 5.69 Å². The molecule has 0 spiro atoms. The molecule has 1 aromatic carbocycles. The Kier molecular flexibility index (Phi) is 5.13. The minimum absolute atomic E-state index is 0.476. The maximum Gasteiger partial charge on any atom is 0.133 e. The highest BCUT2D eigenvalue weighted by Gasteiger charge is 2.30. The first-order valence-electron chi connectivity index (χ1n) is 9.63. The van der Waals surface area contributed by atoms with Crippen LogP contribution in [0.15, 0.2) is 28.7 Å². The third-order valence-corrected chi connectivity index (χ3v) is 6.10. The summed E-state index contributed by atoms with van der Waals surface area (Å²) in [5, 5.41) is 8.82. The van der Waals surface area contributed by atoms with Gasteiger partial charge in [-0.1, -0.05) is 29.3 Å². The van der Waals surface area contributed by atoms with Gasteiger partial charge in [0.15, 0.2) is 0 Å². The van der Waals surface area contributed by atoms with Gasteiger partial charge < -0.3 is 5.32 Å². The van der Waals surface area contributed by atoms with E-state index in [4.69, 9.17) is 5.10 Å². The molecule has 4 nitrogen and oxygen atoms in total. The first-order chi connectivity index (χ1) is 12.3. The van der Waals surface area contributed by atoms with E-state index in [-0.39, 0.29) is 0 Å². The molecule has 25 heavy (non-hydrogen) atoms. The summed E-state index contributed by atoms with van der Waals surface area (Å²) >= 11 is 3.54. The number of likely N-dealkylation sites (tertiary alicyclic amines) is 1. The van der Waals surface area contributed by atoms with Crippen LogP contribution in [0.1, 0.15) is 56.3 Å². The van der Waals surface area contributed by atoms with Crippen molar-refractivity contribution in [3.63, 3.8) is 0 Å². The van der Waals surface area contributed by atoms with Crippen LogP contribution in [0.25, 0.3) is 5.69 Å². The van der Waals surface area contributed by atoms with E-state index >= 15 is 0 Å². The van der Waals surface area contributed by atoms with Gasteiger partial charge in [0.25, 0.3) is 0 Å². The van der Waals surface area contributed by atoms with Gasteiger partial charge in [-0.05, 0) is 69.5 Å². The number of aromatic nitrogens is 2. The lowest BCUT2D eigenvalue weighted by molar-refractivity contribution is 0.152. The monoisotopic (exact) mass is 402 g/mol. The van der Waals surface area contributed by atoms with Gasteiger partial charge in [-0.2, -0.15) is 5.10 Å². The third kappa shape index (κ3) is 3.36. The van der Waals surface area contributed by atoms with Crippen LogP contribution in [0.5, 0.6) is 0 Å². The lowest BCUT2D eigenvalue weighted by Crippen LogP contribution is -2.33. The molecule has 1 aromatic heterocycles. The molecule has 0 saturated carbocycles. The van der Waals surface area contributed by atoms with E-state index < -0.39 is 0 Å². The molecule has 0 amide bonds. The Morgan fingerprint density at radius 1 is 1.16 bits per heavy atom. The number of fused-ring (bicyclic) bond motifs is 1. The largest absolute Gasteiger partial charge is 0.370 e. The second kappa shape index (κ2) is 7.50. The van der Waals surface area contributed by atoms with Crippen molar-refractivity contribution >= 4 is 21.7 Å². The minimum Gasteiger partial charge on any atom is -0.370 e. The van der Waals surface area contributed by atoms with Crippen molar-refractivity contribution in [2.24, 2.45) is 0 Å². The molecule has 1 fully saturated rings. The third-order valence-electron chi connectivity index (χ3n) is 5.57. The molecule has 0 radical (unpaired) electrons. The van der Waals surface area contributed by atoms with Crippen LogP contribution >= 0.6 is 15.9 Å². The van der Waals surface area contributed by atoms with Crippen molar-refractivity contribution < 1.29 is 0 Å². The molecular formula is C20H27BrN4. The van der Waals surface area contributed by atoms with Crippen molar-refractivity contribution in [1.82, 2.24) is 14.7 Å². The van der Waals surface area contributed by atoms with Gasteiger partial charge in [0, 0.05) is 16.6 Å². The molecule has 2 aliphatic rings. The summed E-state index contributed by atoms with van der Waals surface area (Å²) in [7, 11) is 0. The van der Waals surface area contributed by atoms with Crippen molar-refractivity contribution in [3.05, 3.63) is 40.0 Å². The topological polar surface area (TPSA) is 33.1 Å². The number of halogens is 1. The maximum atomic E-state index is 5.15. The number of hydrogen-bond acceptors (Lipinski definition) is 3. The van der Waals surface area contributed by atoms with Gasteiger partial charge in [0.1, 0.15) is 5.82 Å². The molecule has 3 heterocycles. The Balaban J connectivity index is 1.80. The van der Waals surface area contributed by atoms with E-state index in [0.717, 1.165) is 29.7 Å². The van der Waals surface area contributed by atoms with E-state index in [1.165, 1.54) is 55.7 Å². The standard InChI is InChI=1S/C20H27BrN4/c1-2-24-14-6-4-8-18(24)19-17-7-3-5-13-22-20(17)25(23-19)16-11-9-15(21)10-12-16/h9-12,18,22H,2-8,13-14H2,1H3. The number of anilines is 1. The summed E-state index contributed by atoms with van der Waals surface area (Å²) < 4.78 is 3.25. The highest BCUT2D eigenvalue weighted by atomic mass is 79.9. The number of nitrogens with one attached hydrogen (secondary N) is 1. The fourth-order valence-corrected chi connectivity index (χ4v) is 4.51. The lowest BCUT2D eigenvalue weighted by atomic mass is 9.95. The van der Waals surface area contributed by atoms with Crippen LogP contribution in [-0.4, -0.2) is 34.3 Å². The molecule has 1 saturated heterocycles. The fraction of sp³-hybridized carbons (Fsp3) is 0.550. The van der Waals surface area contributed by atoms with Gasteiger partial charge in [-0.15, -0.1) is 0 Å². The van der Waals surface area contributed by atoms with Crippen LogP contribution < -0.4 is 5.32 Å². The summed E-state index contributed by atoms with van der Waals surface area (Å²) in [6.45, 7) is 5.63. The van der Waals surface area contributed by atoms with Gasteiger partial charge in [-0.3, -0.25) is 4.90 Å². The highest BCUT2D eigenvalue weighted by Crippen LogP contribution is 2.37. The van der Waals surface area contributed by atoms with E-state index in [1.807, 2.05) is 0 Å². The zero-order valence-electron chi connectivity index (χ0n) is 15.0. The number of hydrogen-bond donors (Lipinski definition) is 1. The smallest absolute Gasteiger partial charge is 0.133 e. The summed E-state index contributed by atoms with van der Waals surface area (Å²) in [5.74, 6) is 1.22. The second-order valence-corrected chi connectivity index (χ2v) is 8.04. The predicted molar refractivity (Wildman–Crippen MR) is 107 cm³/mol. The van der Waals surface area contributed by atoms with Gasteiger partial charge >= 0.3 is 0 Å². The summed E-state index contributed by atoms with van der Waals surface area (Å²) in [5.41, 5.74) is 3.90. The summed E-state index contributed by atoms with van der Waals surface area (Å²) in [4.78, 5) is 2.61. The quantitative estimate of drug-likeness (QED) is 0.789. The average molecular weight is 403 g/mol. The first kappa shape index (κ1) is 17.1. The summed E-state index contributed by atoms with van der Waals surface area (Å²) in [6, 6.07) is 8.96. The SMILES string of the molecule is CCN1CCCCC1c1nn(-c2ccc(Br)cc2)c2c1CCCCN2. The van der Waals surface area contributed by atoms with Crippen LogP contribution in [0, 0.1) is 0 Å². The average Bonchev–Trinajstić information content (AvgIpc) is 2.83. The molecule has 5 heteroatoms. The molecule has 1 atom stereocenters. The predicted octanol–water partition coefficient (Wildman–Crippen LogP) is 4.93. The molecule has 0 bridgehead atoms. The molecular weight excluding hydrogens is 376 g/mol. The Labute approximate surface area is 158 Å². The van der Waals surface area contributed by atoms with Crippen LogP contribution in [0.4, 0.5) is 5.82 Å². The normalized spacial score (nSPS) is 21.4. The van der Waals surface area contributed by atoms with Crippen molar-refractivity contribution in [2.75, 3.05) is 25.0 Å². The molecule has 1 unspecified atom stereocenters. The van der Waals surface area contributed by atoms with Gasteiger partial charge in [-0.25, -0.2) is 4.68 Å². The van der Waals surface area contributed by atoms with E-state index in [9.17, 15) is 0 Å². The second-order valence-electron chi connectivity index (χ2n) is 7.12. The van der Waals surface area contributed by atoms with E-state index in [0.29, 0.717) is 6.04 Å². The number of nitrogens with zero attached hydrogens (tertiary/aromatic N) is 3. The molecule has 4 rings (SSSR count). The molecule has 0 aliphatic carbocycles. The first-order valence-corrected chi connectivity index (χ1v) is 10.4. The van der Waals surface area contributed by atoms with E-state index in [1.54, 1.807) is 0 Å². The zero-order valence-corrected chi connectivity index (χ0v) is 16.6. The van der Waals surface area contributed by atoms with Crippen molar-refractivity contribution in [2.45, 2.75) is 51.5 Å². The Morgan fingerprint density at radius 3 is 2.80 bits per heavy atom. The van der Waals surface area contributed by atoms with Gasteiger partial charge in [0.05, 0.1) is 17.4 Å². The van der Waals surface area contributed by atoms with Crippen molar-refractivity contribution in [1.29, 1.82) is 0 Å². The number of benzene rings is 1. The molecule has 2 aliphatic heterocycles. The van der Waals surface area contributed by atoms with E-state index in [2.05, 4.69) is 62.0 Å². The molecule has 1 N–H and O–H groups in total. The highest BCUT2D eigenvalue weighted by molar-refractivity contribution is 9.10. The van der Waals surface area contributed by atoms with Gasteiger partial charge in [0.2, 0.25) is 0 Å². The Hall–Kier alpha value is -1.33. The number of piperidine rings is 1. The Morgan fingerprint density at radius 2 is 2.00 bits per heavy atom. The molecule has 134 valence electrons. The fourth-order valence-electron chi connectivity index (χ4n) is 4.24. The number of rotatable bonds is 3. The molecule has 2 aromatic rings. The lowest BCUT2D eigenvalue weighted by Gasteiger charge is -2.34. The Bertz CT molecular complexity index is 722. The van der Waals surface area contributed by atoms with Crippen LogP contribution in [0.2, 0.25) is 0 Å². The maximum absolute atomic E-state index is 5.15. The van der Waals surface area contributed by atoms with Crippen LogP contribution in [-0.2, 0) is 6.42 Å². The minimum atomic E-state index is 0.476. The zero-order chi connectivity index (χ0) is 17.2. The summed E-state index contributed by atoms with van der Waals surface area (Å²) in [6.07, 6.45) is 7.49.